The van der Waals surface area contributed by atoms with Gasteiger partial charge < -0.3 is 14.6 Å². The Morgan fingerprint density at radius 2 is 1.89 bits per heavy atom. The van der Waals surface area contributed by atoms with Crippen LogP contribution in [0.15, 0.2) is 47.3 Å². The number of halogens is 2. The van der Waals surface area contributed by atoms with E-state index in [1.54, 1.807) is 18.5 Å². The Labute approximate surface area is 211 Å². The predicted octanol–water partition coefficient (Wildman–Crippen LogP) is 4.49. The fourth-order valence-corrected chi connectivity index (χ4v) is 6.26. The van der Waals surface area contributed by atoms with Crippen molar-refractivity contribution in [2.75, 3.05) is 6.61 Å². The third-order valence-corrected chi connectivity index (χ3v) is 8.16. The standard InChI is InChI=1S/C27H25F2N5O3/c1-26(2)15-6-8-27(26,24-14(15)10-18(33-34-24)23-16(28)4-3-5-17(23)29)22-12-30-11-19(31-22)25-32-20(13-37-25)21(36)7-9-35/h3-5,10-13,15,21,35-36H,6-9H2,1-2H3/t15-,21+,27+/m0/s1. The monoisotopic (exact) mass is 505 g/mol. The average molecular weight is 506 g/mol. The van der Waals surface area contributed by atoms with Crippen LogP contribution in [0.1, 0.15) is 67.8 Å². The highest BCUT2D eigenvalue weighted by atomic mass is 19.1. The SMILES string of the molecule is CC1(C)[C@H]2CC[C@@]1(c1cncc(-c3nc([C@H](O)CCO)co3)n1)c1nnc(-c3c(F)cccc3F)cc12. The number of nitrogens with zero attached hydrogens (tertiary/aromatic N) is 5. The Morgan fingerprint density at radius 1 is 1.11 bits per heavy atom. The first-order valence-corrected chi connectivity index (χ1v) is 12.2. The Balaban J connectivity index is 1.44. The molecule has 2 aliphatic carbocycles. The molecule has 2 N–H and O–H groups in total. The fourth-order valence-electron chi connectivity index (χ4n) is 6.26. The summed E-state index contributed by atoms with van der Waals surface area (Å²) in [7, 11) is 0. The van der Waals surface area contributed by atoms with Crippen LogP contribution in [-0.2, 0) is 5.41 Å². The van der Waals surface area contributed by atoms with Gasteiger partial charge in [0.15, 0.2) is 0 Å². The minimum absolute atomic E-state index is 0.0963. The molecule has 6 rings (SSSR count). The van der Waals surface area contributed by atoms with Gasteiger partial charge in [-0.05, 0) is 47.9 Å². The molecule has 3 aromatic heterocycles. The topological polar surface area (TPSA) is 118 Å². The van der Waals surface area contributed by atoms with Crippen LogP contribution in [0.4, 0.5) is 8.78 Å². The highest BCUT2D eigenvalue weighted by Gasteiger charge is 2.65. The maximum atomic E-state index is 14.5. The third kappa shape index (κ3) is 3.35. The molecule has 0 amide bonds. The first-order chi connectivity index (χ1) is 17.8. The molecular weight excluding hydrogens is 480 g/mol. The number of hydrogen-bond acceptors (Lipinski definition) is 8. The molecular formula is C27H25F2N5O3. The molecule has 10 heteroatoms. The molecule has 4 aromatic rings. The van der Waals surface area contributed by atoms with Crippen molar-refractivity contribution in [1.29, 1.82) is 0 Å². The van der Waals surface area contributed by atoms with E-state index in [0.717, 1.165) is 24.1 Å². The molecule has 0 radical (unpaired) electrons. The van der Waals surface area contributed by atoms with Crippen molar-refractivity contribution < 1.29 is 23.4 Å². The van der Waals surface area contributed by atoms with E-state index >= 15 is 0 Å². The first-order valence-electron chi connectivity index (χ1n) is 12.2. The van der Waals surface area contributed by atoms with E-state index in [2.05, 4.69) is 34.0 Å². The zero-order valence-corrected chi connectivity index (χ0v) is 20.3. The summed E-state index contributed by atoms with van der Waals surface area (Å²) in [5.74, 6) is -1.06. The maximum Gasteiger partial charge on any atom is 0.247 e. The molecule has 3 atom stereocenters. The Kier molecular flexibility index (Phi) is 5.43. The minimum Gasteiger partial charge on any atom is -0.443 e. The molecule has 2 aliphatic rings. The summed E-state index contributed by atoms with van der Waals surface area (Å²) in [5.41, 5.74) is 2.11. The van der Waals surface area contributed by atoms with Gasteiger partial charge in [0.25, 0.3) is 0 Å². The summed E-state index contributed by atoms with van der Waals surface area (Å²) in [5, 5.41) is 28.0. The number of aromatic nitrogens is 5. The van der Waals surface area contributed by atoms with Crippen LogP contribution in [-0.4, -0.2) is 42.0 Å². The summed E-state index contributed by atoms with van der Waals surface area (Å²) in [6, 6.07) is 5.51. The minimum atomic E-state index is -0.947. The quantitative estimate of drug-likeness (QED) is 0.394. The Bertz CT molecular complexity index is 1490. The van der Waals surface area contributed by atoms with Crippen molar-refractivity contribution in [1.82, 2.24) is 25.1 Å². The van der Waals surface area contributed by atoms with Crippen LogP contribution >= 0.6 is 0 Å². The van der Waals surface area contributed by atoms with Crippen LogP contribution in [0.2, 0.25) is 0 Å². The number of oxazole rings is 1. The average Bonchev–Trinajstić information content (AvgIpc) is 3.53. The normalized spacial score (nSPS) is 22.3. The third-order valence-electron chi connectivity index (χ3n) is 8.16. The molecule has 0 spiro atoms. The molecule has 190 valence electrons. The van der Waals surface area contributed by atoms with Gasteiger partial charge in [0.05, 0.1) is 34.3 Å². The highest BCUT2D eigenvalue weighted by Crippen LogP contribution is 2.69. The number of aliphatic hydroxyl groups excluding tert-OH is 2. The summed E-state index contributed by atoms with van der Waals surface area (Å²) in [6.07, 6.45) is 5.41. The lowest BCUT2D eigenvalue weighted by Crippen LogP contribution is -2.38. The van der Waals surface area contributed by atoms with E-state index < -0.39 is 23.2 Å². The summed E-state index contributed by atoms with van der Waals surface area (Å²) < 4.78 is 34.6. The number of aliphatic hydroxyl groups is 2. The molecule has 1 saturated carbocycles. The molecule has 1 aromatic carbocycles. The van der Waals surface area contributed by atoms with E-state index in [1.165, 1.54) is 24.5 Å². The first kappa shape index (κ1) is 23.7. The predicted molar refractivity (Wildman–Crippen MR) is 128 cm³/mol. The molecule has 8 nitrogen and oxygen atoms in total. The second kappa shape index (κ2) is 8.46. The maximum absolute atomic E-state index is 14.5. The van der Waals surface area contributed by atoms with Crippen LogP contribution in [0.25, 0.3) is 22.8 Å². The van der Waals surface area contributed by atoms with Gasteiger partial charge in [0, 0.05) is 19.2 Å². The zero-order valence-electron chi connectivity index (χ0n) is 20.3. The van der Waals surface area contributed by atoms with Crippen molar-refractivity contribution in [3.8, 4) is 22.8 Å². The molecule has 0 aliphatic heterocycles. The Morgan fingerprint density at radius 3 is 2.65 bits per heavy atom. The van der Waals surface area contributed by atoms with E-state index in [1.807, 2.05) is 0 Å². The second-order valence-electron chi connectivity index (χ2n) is 10.2. The smallest absolute Gasteiger partial charge is 0.247 e. The number of fused-ring (bicyclic) bond motifs is 5. The second-order valence-corrected chi connectivity index (χ2v) is 10.2. The lowest BCUT2D eigenvalue weighted by Gasteiger charge is -2.37. The zero-order chi connectivity index (χ0) is 25.9. The molecule has 1 fully saturated rings. The van der Waals surface area contributed by atoms with Crippen molar-refractivity contribution in [3.63, 3.8) is 0 Å². The molecule has 37 heavy (non-hydrogen) atoms. The van der Waals surface area contributed by atoms with Gasteiger partial charge in [0.2, 0.25) is 5.89 Å². The van der Waals surface area contributed by atoms with Gasteiger partial charge >= 0.3 is 0 Å². The molecule has 0 unspecified atom stereocenters. The summed E-state index contributed by atoms with van der Waals surface area (Å²) in [4.78, 5) is 13.6. The van der Waals surface area contributed by atoms with E-state index in [4.69, 9.17) is 14.5 Å². The van der Waals surface area contributed by atoms with Gasteiger partial charge in [-0.25, -0.2) is 18.7 Å². The Hall–Kier alpha value is -3.63. The lowest BCUT2D eigenvalue weighted by atomic mass is 9.66. The summed E-state index contributed by atoms with van der Waals surface area (Å²) in [6.45, 7) is 4.13. The lowest BCUT2D eigenvalue weighted by molar-refractivity contribution is 0.130. The van der Waals surface area contributed by atoms with Crippen molar-refractivity contribution in [2.45, 2.75) is 50.5 Å². The number of rotatable bonds is 6. The van der Waals surface area contributed by atoms with Crippen LogP contribution in [0, 0.1) is 17.0 Å². The van der Waals surface area contributed by atoms with Gasteiger partial charge in [-0.1, -0.05) is 19.9 Å². The van der Waals surface area contributed by atoms with E-state index in [-0.39, 0.29) is 41.5 Å². The molecule has 0 saturated heterocycles. The number of benzene rings is 1. The van der Waals surface area contributed by atoms with Crippen LogP contribution < -0.4 is 0 Å². The summed E-state index contributed by atoms with van der Waals surface area (Å²) >= 11 is 0. The van der Waals surface area contributed by atoms with Gasteiger partial charge in [0.1, 0.15) is 35.4 Å². The van der Waals surface area contributed by atoms with Crippen molar-refractivity contribution >= 4 is 0 Å². The van der Waals surface area contributed by atoms with Gasteiger partial charge in [-0.3, -0.25) is 4.98 Å². The van der Waals surface area contributed by atoms with Gasteiger partial charge in [-0.15, -0.1) is 5.10 Å². The fraction of sp³-hybridized carbons (Fsp3) is 0.370. The van der Waals surface area contributed by atoms with Crippen LogP contribution in [0.5, 0.6) is 0 Å². The number of hydrogen-bond donors (Lipinski definition) is 2. The molecule has 3 heterocycles. The largest absolute Gasteiger partial charge is 0.443 e. The van der Waals surface area contributed by atoms with Crippen molar-refractivity contribution in [3.05, 3.63) is 77.2 Å². The van der Waals surface area contributed by atoms with Crippen LogP contribution in [0.3, 0.4) is 0 Å². The molecule has 2 bridgehead atoms. The van der Waals surface area contributed by atoms with E-state index in [0.29, 0.717) is 17.1 Å². The van der Waals surface area contributed by atoms with Crippen molar-refractivity contribution in [2.24, 2.45) is 5.41 Å². The van der Waals surface area contributed by atoms with Gasteiger partial charge in [-0.2, -0.15) is 5.10 Å². The highest BCUT2D eigenvalue weighted by molar-refractivity contribution is 5.64. The van der Waals surface area contributed by atoms with E-state index in [9.17, 15) is 13.9 Å².